The van der Waals surface area contributed by atoms with Gasteiger partial charge in [0, 0.05) is 0 Å². The maximum absolute atomic E-state index is 12.6. The standard InChI is InChI=1S/C23H31NO5S2/c1-4-6-7-8-9-10-13-29-18-12-11-17(14-19(18)28-5-2)15-20-21(25)24(23(30)31-20)16(3)22(26)27/h11-12,14-16H,4-10,13H2,1-3H3,(H,26,27)/b20-15+/t16-/m1/s1. The van der Waals surface area contributed by atoms with Crippen LogP contribution >= 0.6 is 24.0 Å². The SMILES string of the molecule is CCCCCCCCOc1ccc(/C=C2/SC(=S)N([C@H](C)C(=O)O)C2=O)cc1OCC. The molecule has 0 saturated carbocycles. The molecule has 1 aromatic rings. The van der Waals surface area contributed by atoms with Crippen molar-refractivity contribution in [1.29, 1.82) is 0 Å². The Morgan fingerprint density at radius 3 is 2.55 bits per heavy atom. The van der Waals surface area contributed by atoms with Crippen molar-refractivity contribution >= 4 is 46.3 Å². The fraction of sp³-hybridized carbons (Fsp3) is 0.522. The highest BCUT2D eigenvalue weighted by Gasteiger charge is 2.38. The lowest BCUT2D eigenvalue weighted by Gasteiger charge is -2.18. The first kappa shape index (κ1) is 25.2. The van der Waals surface area contributed by atoms with Gasteiger partial charge in [-0.1, -0.05) is 69.1 Å². The largest absolute Gasteiger partial charge is 0.490 e. The highest BCUT2D eigenvalue weighted by atomic mass is 32.2. The van der Waals surface area contributed by atoms with Gasteiger partial charge in [-0.2, -0.15) is 0 Å². The molecule has 1 aromatic carbocycles. The van der Waals surface area contributed by atoms with Crippen LogP contribution in [0.15, 0.2) is 23.1 Å². The van der Waals surface area contributed by atoms with E-state index in [-0.39, 0.29) is 4.32 Å². The van der Waals surface area contributed by atoms with Gasteiger partial charge >= 0.3 is 5.97 Å². The molecule has 0 aliphatic carbocycles. The second-order valence-electron chi connectivity index (χ2n) is 7.32. The summed E-state index contributed by atoms with van der Waals surface area (Å²) in [6.45, 7) is 6.69. The van der Waals surface area contributed by atoms with Gasteiger partial charge in [0.15, 0.2) is 11.5 Å². The van der Waals surface area contributed by atoms with Crippen LogP contribution < -0.4 is 9.47 Å². The van der Waals surface area contributed by atoms with Crippen molar-refractivity contribution in [2.75, 3.05) is 13.2 Å². The first-order valence-corrected chi connectivity index (χ1v) is 12.0. The maximum atomic E-state index is 12.6. The minimum atomic E-state index is -1.09. The normalized spacial score (nSPS) is 16.1. The van der Waals surface area contributed by atoms with Gasteiger partial charge in [0.1, 0.15) is 10.4 Å². The summed E-state index contributed by atoms with van der Waals surface area (Å²) in [7, 11) is 0. The Labute approximate surface area is 194 Å². The summed E-state index contributed by atoms with van der Waals surface area (Å²) in [5.41, 5.74) is 0.763. The molecule has 1 fully saturated rings. The van der Waals surface area contributed by atoms with Crippen LogP contribution in [0.3, 0.4) is 0 Å². The lowest BCUT2D eigenvalue weighted by Crippen LogP contribution is -2.41. The van der Waals surface area contributed by atoms with Gasteiger partial charge < -0.3 is 14.6 Å². The molecule has 1 atom stereocenters. The molecule has 31 heavy (non-hydrogen) atoms. The molecule has 1 aliphatic rings. The second kappa shape index (κ2) is 12.7. The minimum absolute atomic E-state index is 0.245. The van der Waals surface area contributed by atoms with Gasteiger partial charge in [-0.15, -0.1) is 0 Å². The van der Waals surface area contributed by atoms with Crippen LogP contribution in [0.1, 0.15) is 64.9 Å². The van der Waals surface area contributed by atoms with Crippen LogP contribution in [0.2, 0.25) is 0 Å². The van der Waals surface area contributed by atoms with Crippen LogP contribution in [0, 0.1) is 0 Å². The molecule has 1 heterocycles. The number of ether oxygens (including phenoxy) is 2. The fourth-order valence-corrected chi connectivity index (χ4v) is 4.56. The summed E-state index contributed by atoms with van der Waals surface area (Å²) in [5, 5.41) is 9.21. The number of carboxylic acid groups (broad SMARTS) is 1. The Balaban J connectivity index is 2.06. The van der Waals surface area contributed by atoms with Crippen molar-refractivity contribution in [3.8, 4) is 11.5 Å². The molecule has 0 bridgehead atoms. The highest BCUT2D eigenvalue weighted by molar-refractivity contribution is 8.26. The number of hydrogen-bond donors (Lipinski definition) is 1. The Hall–Kier alpha value is -2.06. The van der Waals surface area contributed by atoms with E-state index in [0.717, 1.165) is 35.1 Å². The van der Waals surface area contributed by atoms with Crippen molar-refractivity contribution in [1.82, 2.24) is 4.90 Å². The van der Waals surface area contributed by atoms with E-state index in [2.05, 4.69) is 6.92 Å². The van der Waals surface area contributed by atoms with Gasteiger partial charge in [0.25, 0.3) is 5.91 Å². The van der Waals surface area contributed by atoms with Gasteiger partial charge in [-0.05, 0) is 44.0 Å². The molecule has 1 N–H and O–H groups in total. The average Bonchev–Trinajstić information content (AvgIpc) is 3.01. The monoisotopic (exact) mass is 465 g/mol. The van der Waals surface area contributed by atoms with E-state index in [1.165, 1.54) is 32.6 Å². The number of thioether (sulfide) groups is 1. The Morgan fingerprint density at radius 1 is 1.16 bits per heavy atom. The number of unbranched alkanes of at least 4 members (excludes halogenated alkanes) is 5. The number of nitrogens with zero attached hydrogens (tertiary/aromatic N) is 1. The molecule has 6 nitrogen and oxygen atoms in total. The average molecular weight is 466 g/mol. The van der Waals surface area contributed by atoms with Crippen molar-refractivity contribution in [2.24, 2.45) is 0 Å². The number of aliphatic carboxylic acids is 1. The third kappa shape index (κ3) is 7.25. The summed E-state index contributed by atoms with van der Waals surface area (Å²) in [6, 6.07) is 4.52. The number of carbonyl (C=O) groups excluding carboxylic acids is 1. The number of thiocarbonyl (C=S) groups is 1. The zero-order valence-electron chi connectivity index (χ0n) is 18.4. The van der Waals surface area contributed by atoms with E-state index < -0.39 is 17.9 Å². The van der Waals surface area contributed by atoms with E-state index in [9.17, 15) is 14.7 Å². The van der Waals surface area contributed by atoms with Gasteiger partial charge in [-0.3, -0.25) is 9.69 Å². The van der Waals surface area contributed by atoms with Crippen LogP contribution in [0.4, 0.5) is 0 Å². The van der Waals surface area contributed by atoms with Gasteiger partial charge in [0.2, 0.25) is 0 Å². The van der Waals surface area contributed by atoms with E-state index in [4.69, 9.17) is 21.7 Å². The van der Waals surface area contributed by atoms with Crippen molar-refractivity contribution in [3.05, 3.63) is 28.7 Å². The first-order chi connectivity index (χ1) is 14.9. The molecule has 1 amide bonds. The smallest absolute Gasteiger partial charge is 0.326 e. The van der Waals surface area contributed by atoms with Crippen molar-refractivity contribution < 1.29 is 24.2 Å². The van der Waals surface area contributed by atoms with Crippen LogP contribution in [-0.2, 0) is 9.59 Å². The molecule has 1 aliphatic heterocycles. The van der Waals surface area contributed by atoms with Crippen molar-refractivity contribution in [2.45, 2.75) is 65.3 Å². The van der Waals surface area contributed by atoms with E-state index in [1.807, 2.05) is 25.1 Å². The number of carboxylic acids is 1. The summed E-state index contributed by atoms with van der Waals surface area (Å²) in [4.78, 5) is 25.4. The summed E-state index contributed by atoms with van der Waals surface area (Å²) in [6.07, 6.45) is 8.88. The number of benzene rings is 1. The lowest BCUT2D eigenvalue weighted by atomic mass is 10.1. The van der Waals surface area contributed by atoms with E-state index in [0.29, 0.717) is 29.6 Å². The molecular formula is C23H31NO5S2. The molecule has 0 unspecified atom stereocenters. The number of amides is 1. The number of hydrogen-bond acceptors (Lipinski definition) is 6. The van der Waals surface area contributed by atoms with Crippen LogP contribution in [0.5, 0.6) is 11.5 Å². The molecular weight excluding hydrogens is 434 g/mol. The molecule has 8 heteroatoms. The fourth-order valence-electron chi connectivity index (χ4n) is 3.14. The van der Waals surface area contributed by atoms with Crippen LogP contribution in [0.25, 0.3) is 6.08 Å². The maximum Gasteiger partial charge on any atom is 0.326 e. The lowest BCUT2D eigenvalue weighted by molar-refractivity contribution is -0.144. The van der Waals surface area contributed by atoms with E-state index >= 15 is 0 Å². The highest BCUT2D eigenvalue weighted by Crippen LogP contribution is 2.36. The molecule has 2 rings (SSSR count). The predicted octanol–water partition coefficient (Wildman–Crippen LogP) is 5.50. The number of rotatable bonds is 13. The minimum Gasteiger partial charge on any atom is -0.490 e. The summed E-state index contributed by atoms with van der Waals surface area (Å²) >= 11 is 6.31. The second-order valence-corrected chi connectivity index (χ2v) is 9.00. The Kier molecular flexibility index (Phi) is 10.3. The van der Waals surface area contributed by atoms with Gasteiger partial charge in [0.05, 0.1) is 18.1 Å². The zero-order chi connectivity index (χ0) is 22.8. The third-order valence-corrected chi connectivity index (χ3v) is 6.22. The molecule has 170 valence electrons. The Bertz CT molecular complexity index is 824. The molecule has 0 radical (unpaired) electrons. The quantitative estimate of drug-likeness (QED) is 0.234. The van der Waals surface area contributed by atoms with Crippen LogP contribution in [-0.4, -0.2) is 45.5 Å². The number of carbonyl (C=O) groups is 2. The predicted molar refractivity (Wildman–Crippen MR) is 129 cm³/mol. The molecule has 0 spiro atoms. The summed E-state index contributed by atoms with van der Waals surface area (Å²) < 4.78 is 11.9. The summed E-state index contributed by atoms with van der Waals surface area (Å²) in [5.74, 6) is -0.189. The zero-order valence-corrected chi connectivity index (χ0v) is 20.0. The molecule has 1 saturated heterocycles. The third-order valence-electron chi connectivity index (χ3n) is 4.89. The van der Waals surface area contributed by atoms with Crippen molar-refractivity contribution in [3.63, 3.8) is 0 Å². The van der Waals surface area contributed by atoms with E-state index in [1.54, 1.807) is 6.08 Å². The Morgan fingerprint density at radius 2 is 1.87 bits per heavy atom. The first-order valence-electron chi connectivity index (χ1n) is 10.8. The topological polar surface area (TPSA) is 76.1 Å². The molecule has 0 aromatic heterocycles. The van der Waals surface area contributed by atoms with Gasteiger partial charge in [-0.25, -0.2) is 4.79 Å².